The molecule has 1 amide bonds. The maximum absolute atomic E-state index is 11.7. The molecule has 0 aliphatic rings. The van der Waals surface area contributed by atoms with Crippen LogP contribution < -0.4 is 11.1 Å². The highest BCUT2D eigenvalue weighted by Crippen LogP contribution is 2.12. The minimum Gasteiger partial charge on any atom is -0.422 e. The summed E-state index contributed by atoms with van der Waals surface area (Å²) < 4.78 is 5.06. The first-order valence-corrected chi connectivity index (χ1v) is 5.42. The molecule has 0 fully saturated rings. The minimum atomic E-state index is -0.671. The van der Waals surface area contributed by atoms with E-state index in [1.165, 1.54) is 6.07 Å². The Balaban J connectivity index is 2.45. The number of amides is 1. The zero-order valence-electron chi connectivity index (χ0n) is 10.1. The summed E-state index contributed by atoms with van der Waals surface area (Å²) in [6.07, 6.45) is 0. The normalized spacial score (nSPS) is 10.1. The van der Waals surface area contributed by atoms with Crippen LogP contribution in [0.25, 0.3) is 11.0 Å². The fourth-order valence-corrected chi connectivity index (χ4v) is 1.44. The van der Waals surface area contributed by atoms with Crippen LogP contribution in [0, 0.1) is 0 Å². The Labute approximate surface area is 103 Å². The van der Waals surface area contributed by atoms with Gasteiger partial charge in [-0.1, -0.05) is 18.2 Å². The van der Waals surface area contributed by atoms with Crippen molar-refractivity contribution in [2.75, 3.05) is 0 Å². The maximum Gasteiger partial charge on any atom is 0.349 e. The fraction of sp³-hybridized carbons (Fsp3) is 0.154. The molecule has 0 unspecified atom stereocenters. The zero-order chi connectivity index (χ0) is 13.1. The Morgan fingerprint density at radius 1 is 1.28 bits per heavy atom. The molecule has 0 saturated carbocycles. The fourth-order valence-electron chi connectivity index (χ4n) is 1.44. The minimum absolute atomic E-state index is 0.0568. The maximum atomic E-state index is 11.7. The number of nitrogens with zero attached hydrogens (tertiary/aromatic N) is 1. The lowest BCUT2D eigenvalue weighted by Gasteiger charge is -2.01. The average molecular weight is 244 g/mol. The van der Waals surface area contributed by atoms with Crippen LogP contribution in [-0.2, 0) is 0 Å². The summed E-state index contributed by atoms with van der Waals surface area (Å²) in [5, 5.41) is 4.45. The van der Waals surface area contributed by atoms with Crippen LogP contribution in [-0.4, -0.2) is 11.6 Å². The molecular formula is C13H12N2O3. The number of rotatable bonds is 2. The quantitative estimate of drug-likeness (QED) is 0.498. The molecule has 2 rings (SSSR count). The number of hydrazone groups is 1. The third-order valence-electron chi connectivity index (χ3n) is 2.27. The number of carbonyl (C=O) groups excluding carboxylic acids is 1. The van der Waals surface area contributed by atoms with Crippen molar-refractivity contribution in [3.05, 3.63) is 46.3 Å². The van der Waals surface area contributed by atoms with Crippen LogP contribution in [0.1, 0.15) is 24.2 Å². The Kier molecular flexibility index (Phi) is 3.23. The Morgan fingerprint density at radius 2 is 2.00 bits per heavy atom. The number of hydrogen-bond donors (Lipinski definition) is 1. The molecule has 0 spiro atoms. The van der Waals surface area contributed by atoms with Gasteiger partial charge in [-0.05, 0) is 26.0 Å². The van der Waals surface area contributed by atoms with Gasteiger partial charge in [-0.2, -0.15) is 5.10 Å². The highest BCUT2D eigenvalue weighted by molar-refractivity contribution is 5.97. The van der Waals surface area contributed by atoms with Crippen molar-refractivity contribution in [2.45, 2.75) is 13.8 Å². The number of para-hydroxylation sites is 1. The summed E-state index contributed by atoms with van der Waals surface area (Å²) in [4.78, 5) is 23.4. The lowest BCUT2D eigenvalue weighted by atomic mass is 10.2. The highest BCUT2D eigenvalue weighted by Gasteiger charge is 2.12. The van der Waals surface area contributed by atoms with Gasteiger partial charge in [0.1, 0.15) is 11.1 Å². The first kappa shape index (κ1) is 12.0. The molecule has 0 aliphatic heterocycles. The molecule has 1 aromatic heterocycles. The monoisotopic (exact) mass is 244 g/mol. The van der Waals surface area contributed by atoms with Crippen molar-refractivity contribution in [3.63, 3.8) is 0 Å². The van der Waals surface area contributed by atoms with Gasteiger partial charge in [-0.15, -0.1) is 0 Å². The number of fused-ring (bicyclic) bond motifs is 1. The standard InChI is InChI=1S/C13H12N2O3/c1-8(2)14-15-12(16)10-7-9-5-3-4-6-11(9)18-13(10)17/h3-7H,1-2H3,(H,15,16). The van der Waals surface area contributed by atoms with Gasteiger partial charge < -0.3 is 4.42 Å². The summed E-state index contributed by atoms with van der Waals surface area (Å²) in [6.45, 7) is 3.48. The van der Waals surface area contributed by atoms with E-state index in [-0.39, 0.29) is 5.56 Å². The molecule has 2 aromatic rings. The van der Waals surface area contributed by atoms with Crippen molar-refractivity contribution in [3.8, 4) is 0 Å². The highest BCUT2D eigenvalue weighted by atomic mass is 16.4. The van der Waals surface area contributed by atoms with E-state index in [1.807, 2.05) is 0 Å². The molecule has 0 bridgehead atoms. The predicted molar refractivity (Wildman–Crippen MR) is 68.7 cm³/mol. The summed E-state index contributed by atoms with van der Waals surface area (Å²) in [5.74, 6) is -0.573. The van der Waals surface area contributed by atoms with Crippen molar-refractivity contribution in [1.29, 1.82) is 0 Å². The van der Waals surface area contributed by atoms with E-state index in [4.69, 9.17) is 4.42 Å². The molecule has 5 nitrogen and oxygen atoms in total. The van der Waals surface area contributed by atoms with Crippen LogP contribution >= 0.6 is 0 Å². The number of carbonyl (C=O) groups is 1. The molecule has 0 saturated heterocycles. The van der Waals surface area contributed by atoms with Crippen molar-refractivity contribution >= 4 is 22.6 Å². The van der Waals surface area contributed by atoms with Crippen molar-refractivity contribution in [1.82, 2.24) is 5.43 Å². The SMILES string of the molecule is CC(C)=NNC(=O)c1cc2ccccc2oc1=O. The Bertz CT molecular complexity index is 682. The molecule has 5 heteroatoms. The predicted octanol–water partition coefficient (Wildman–Crippen LogP) is 1.92. The molecule has 0 aliphatic carbocycles. The second-order valence-electron chi connectivity index (χ2n) is 3.99. The largest absolute Gasteiger partial charge is 0.422 e. The van der Waals surface area contributed by atoms with Gasteiger partial charge in [0.2, 0.25) is 0 Å². The van der Waals surface area contributed by atoms with Crippen molar-refractivity contribution in [2.24, 2.45) is 5.10 Å². The van der Waals surface area contributed by atoms with Gasteiger partial charge in [0.25, 0.3) is 5.91 Å². The van der Waals surface area contributed by atoms with E-state index in [0.717, 1.165) is 0 Å². The van der Waals surface area contributed by atoms with E-state index >= 15 is 0 Å². The zero-order valence-corrected chi connectivity index (χ0v) is 10.1. The van der Waals surface area contributed by atoms with E-state index in [2.05, 4.69) is 10.5 Å². The van der Waals surface area contributed by atoms with Gasteiger partial charge in [0.05, 0.1) is 0 Å². The Hall–Kier alpha value is -2.43. The molecular weight excluding hydrogens is 232 g/mol. The topological polar surface area (TPSA) is 71.7 Å². The van der Waals surface area contributed by atoms with Gasteiger partial charge in [-0.25, -0.2) is 10.2 Å². The third-order valence-corrected chi connectivity index (χ3v) is 2.27. The van der Waals surface area contributed by atoms with Gasteiger partial charge >= 0.3 is 5.63 Å². The second kappa shape index (κ2) is 4.83. The molecule has 0 radical (unpaired) electrons. The summed E-state index contributed by atoms with van der Waals surface area (Å²) >= 11 is 0. The number of nitrogens with one attached hydrogen (secondary N) is 1. The van der Waals surface area contributed by atoms with Gasteiger partial charge in [0.15, 0.2) is 0 Å². The molecule has 1 aromatic carbocycles. The lowest BCUT2D eigenvalue weighted by Crippen LogP contribution is -2.24. The number of hydrogen-bond acceptors (Lipinski definition) is 4. The lowest BCUT2D eigenvalue weighted by molar-refractivity contribution is 0.0951. The van der Waals surface area contributed by atoms with Crippen molar-refractivity contribution < 1.29 is 9.21 Å². The summed E-state index contributed by atoms with van der Waals surface area (Å²) in [6, 6.07) is 8.50. The Morgan fingerprint density at radius 3 is 2.72 bits per heavy atom. The summed E-state index contributed by atoms with van der Waals surface area (Å²) in [5.41, 5.74) is 2.71. The van der Waals surface area contributed by atoms with E-state index < -0.39 is 11.5 Å². The van der Waals surface area contributed by atoms with Crippen LogP contribution in [0.4, 0.5) is 0 Å². The average Bonchev–Trinajstić information content (AvgIpc) is 2.35. The van der Waals surface area contributed by atoms with Gasteiger partial charge in [0, 0.05) is 11.1 Å². The third kappa shape index (κ3) is 2.45. The number of benzene rings is 1. The van der Waals surface area contributed by atoms with Crippen LogP contribution in [0.15, 0.2) is 44.6 Å². The van der Waals surface area contributed by atoms with E-state index in [9.17, 15) is 9.59 Å². The van der Waals surface area contributed by atoms with Crippen LogP contribution in [0.3, 0.4) is 0 Å². The van der Waals surface area contributed by atoms with Crippen LogP contribution in [0.5, 0.6) is 0 Å². The molecule has 1 N–H and O–H groups in total. The van der Waals surface area contributed by atoms with Gasteiger partial charge in [-0.3, -0.25) is 4.79 Å². The summed E-state index contributed by atoms with van der Waals surface area (Å²) in [7, 11) is 0. The van der Waals surface area contributed by atoms with E-state index in [0.29, 0.717) is 16.7 Å². The smallest absolute Gasteiger partial charge is 0.349 e. The molecule has 18 heavy (non-hydrogen) atoms. The molecule has 92 valence electrons. The van der Waals surface area contributed by atoms with Crippen LogP contribution in [0.2, 0.25) is 0 Å². The second-order valence-corrected chi connectivity index (χ2v) is 3.99. The first-order chi connectivity index (χ1) is 8.58. The molecule has 1 heterocycles. The van der Waals surface area contributed by atoms with E-state index in [1.54, 1.807) is 38.1 Å². The first-order valence-electron chi connectivity index (χ1n) is 5.42. The molecule has 0 atom stereocenters.